The van der Waals surface area contributed by atoms with E-state index in [1.807, 2.05) is 32.0 Å². The quantitative estimate of drug-likeness (QED) is 0.534. The lowest BCUT2D eigenvalue weighted by molar-refractivity contribution is -0.146. The predicted molar refractivity (Wildman–Crippen MR) is 143 cm³/mol. The standard InChI is InChI=1S/C29H32FN5O4/c1-17(2)14-23(34(5)26(37)18(3)32-25(36)19-10-12-20(30)13-11-19)27(38)35-16-29(15-24(35)31-4)21-8-6-7-9-22(21)33-28(29)39/h6-13,17-18,23-24H,14-16H2,1-3,5H3,(H,32,36)(H,33,39)/t18-,23-,24-,29-/m0/s1. The first-order valence-corrected chi connectivity index (χ1v) is 12.9. The van der Waals surface area contributed by atoms with Gasteiger partial charge in [0.15, 0.2) is 0 Å². The zero-order valence-electron chi connectivity index (χ0n) is 22.4. The normalized spacial score (nSPS) is 21.2. The molecule has 9 nitrogen and oxygen atoms in total. The highest BCUT2D eigenvalue weighted by molar-refractivity contribution is 6.07. The molecule has 204 valence electrons. The second-order valence-electron chi connectivity index (χ2n) is 10.7. The number of carbonyl (C=O) groups excluding carboxylic acids is 4. The van der Waals surface area contributed by atoms with Gasteiger partial charge in [-0.05, 0) is 55.2 Å². The lowest BCUT2D eigenvalue weighted by Crippen LogP contribution is -2.55. The van der Waals surface area contributed by atoms with Gasteiger partial charge in [0.2, 0.25) is 11.8 Å². The Kier molecular flexibility index (Phi) is 7.72. The summed E-state index contributed by atoms with van der Waals surface area (Å²) in [5.74, 6) is -2.12. The summed E-state index contributed by atoms with van der Waals surface area (Å²) >= 11 is 0. The fraction of sp³-hybridized carbons (Fsp3) is 0.414. The van der Waals surface area contributed by atoms with Crippen LogP contribution in [0.4, 0.5) is 10.1 Å². The monoisotopic (exact) mass is 533 g/mol. The maximum Gasteiger partial charge on any atom is 0.302 e. The summed E-state index contributed by atoms with van der Waals surface area (Å²) in [7, 11) is 1.50. The minimum absolute atomic E-state index is 0.0369. The van der Waals surface area contributed by atoms with Crippen LogP contribution in [0, 0.1) is 18.3 Å². The number of fused-ring (bicyclic) bond motifs is 2. The van der Waals surface area contributed by atoms with Gasteiger partial charge in [-0.1, -0.05) is 32.0 Å². The van der Waals surface area contributed by atoms with Crippen LogP contribution in [0.3, 0.4) is 0 Å². The van der Waals surface area contributed by atoms with Gasteiger partial charge in [-0.15, -0.1) is 0 Å². The summed E-state index contributed by atoms with van der Waals surface area (Å²) in [6.45, 7) is 13.2. The summed E-state index contributed by atoms with van der Waals surface area (Å²) in [4.78, 5) is 59.5. The third-order valence-corrected chi connectivity index (χ3v) is 7.51. The Hall–Kier alpha value is -4.26. The zero-order chi connectivity index (χ0) is 28.5. The van der Waals surface area contributed by atoms with E-state index in [1.165, 1.54) is 35.9 Å². The predicted octanol–water partition coefficient (Wildman–Crippen LogP) is 3.18. The van der Waals surface area contributed by atoms with Crippen LogP contribution in [0.5, 0.6) is 0 Å². The lowest BCUT2D eigenvalue weighted by Gasteiger charge is -2.33. The number of rotatable bonds is 7. The van der Waals surface area contributed by atoms with Crippen LogP contribution in [0.1, 0.15) is 49.5 Å². The van der Waals surface area contributed by atoms with E-state index in [2.05, 4.69) is 15.5 Å². The van der Waals surface area contributed by atoms with Gasteiger partial charge in [0.1, 0.15) is 23.3 Å². The summed E-state index contributed by atoms with van der Waals surface area (Å²) in [6.07, 6.45) is -0.360. The highest BCUT2D eigenvalue weighted by atomic mass is 19.1. The van der Waals surface area contributed by atoms with Crippen LogP contribution in [-0.4, -0.2) is 65.3 Å². The third kappa shape index (κ3) is 5.21. The molecule has 4 amide bonds. The highest BCUT2D eigenvalue weighted by Gasteiger charge is 2.59. The Bertz CT molecular complexity index is 1340. The van der Waals surface area contributed by atoms with Crippen LogP contribution >= 0.6 is 0 Å². The van der Waals surface area contributed by atoms with Gasteiger partial charge in [0.25, 0.3) is 11.8 Å². The molecule has 2 aromatic rings. The van der Waals surface area contributed by atoms with E-state index in [1.54, 1.807) is 6.07 Å². The minimum Gasteiger partial charge on any atom is -0.341 e. The number of likely N-dealkylation sites (tertiary alicyclic amines) is 1. The Balaban J connectivity index is 1.55. The molecule has 2 N–H and O–H groups in total. The van der Waals surface area contributed by atoms with Gasteiger partial charge in [-0.3, -0.25) is 28.9 Å². The van der Waals surface area contributed by atoms with Crippen molar-refractivity contribution in [1.29, 1.82) is 0 Å². The molecule has 39 heavy (non-hydrogen) atoms. The van der Waals surface area contributed by atoms with Crippen LogP contribution in [0.15, 0.2) is 48.5 Å². The van der Waals surface area contributed by atoms with Crippen LogP contribution in [0.25, 0.3) is 4.85 Å². The number of para-hydroxylation sites is 1. The van der Waals surface area contributed by atoms with Crippen LogP contribution in [-0.2, 0) is 19.8 Å². The zero-order valence-corrected chi connectivity index (χ0v) is 22.4. The molecule has 1 saturated heterocycles. The number of carbonyl (C=O) groups is 4. The van der Waals surface area contributed by atoms with Crippen LogP contribution < -0.4 is 10.6 Å². The molecular formula is C29H32FN5O4. The largest absolute Gasteiger partial charge is 0.341 e. The average molecular weight is 534 g/mol. The number of halogens is 1. The number of nitrogens with zero attached hydrogens (tertiary/aromatic N) is 3. The topological polar surface area (TPSA) is 103 Å². The second-order valence-corrected chi connectivity index (χ2v) is 10.7. The molecule has 0 unspecified atom stereocenters. The highest BCUT2D eigenvalue weighted by Crippen LogP contribution is 2.47. The van der Waals surface area contributed by atoms with Crippen LogP contribution in [0.2, 0.25) is 0 Å². The molecule has 1 fully saturated rings. The van der Waals surface area contributed by atoms with E-state index in [0.717, 1.165) is 17.7 Å². The molecule has 4 rings (SSSR count). The summed E-state index contributed by atoms with van der Waals surface area (Å²) < 4.78 is 13.2. The maximum absolute atomic E-state index is 14.0. The third-order valence-electron chi connectivity index (χ3n) is 7.51. The molecule has 2 heterocycles. The first-order chi connectivity index (χ1) is 18.5. The number of hydrogen-bond acceptors (Lipinski definition) is 4. The Morgan fingerprint density at radius 1 is 1.18 bits per heavy atom. The minimum atomic E-state index is -1.02. The molecule has 2 aromatic carbocycles. The molecule has 2 aliphatic heterocycles. The van der Waals surface area contributed by atoms with Crippen molar-refractivity contribution in [3.63, 3.8) is 0 Å². The number of anilines is 1. The first-order valence-electron chi connectivity index (χ1n) is 12.9. The lowest BCUT2D eigenvalue weighted by atomic mass is 9.80. The molecule has 0 aromatic heterocycles. The molecule has 1 spiro atoms. The van der Waals surface area contributed by atoms with Crippen molar-refractivity contribution >= 4 is 29.3 Å². The van der Waals surface area contributed by atoms with E-state index in [4.69, 9.17) is 6.57 Å². The number of likely N-dealkylation sites (N-methyl/N-ethyl adjacent to an activating group) is 1. The molecule has 0 bridgehead atoms. The summed E-state index contributed by atoms with van der Waals surface area (Å²) in [5.41, 5.74) is 0.618. The van der Waals surface area contributed by atoms with Gasteiger partial charge in [-0.25, -0.2) is 11.0 Å². The van der Waals surface area contributed by atoms with Crippen molar-refractivity contribution < 1.29 is 23.6 Å². The number of hydrogen-bond donors (Lipinski definition) is 2. The Labute approximate surface area is 227 Å². The summed E-state index contributed by atoms with van der Waals surface area (Å²) in [6, 6.07) is 10.4. The number of nitrogens with one attached hydrogen (secondary N) is 2. The van der Waals surface area contributed by atoms with E-state index in [-0.39, 0.29) is 30.4 Å². The Morgan fingerprint density at radius 3 is 2.49 bits per heavy atom. The molecule has 0 saturated carbocycles. The first kappa shape index (κ1) is 27.8. The Morgan fingerprint density at radius 2 is 1.85 bits per heavy atom. The van der Waals surface area contributed by atoms with Gasteiger partial charge < -0.3 is 15.5 Å². The van der Waals surface area contributed by atoms with E-state index < -0.39 is 47.2 Å². The molecular weight excluding hydrogens is 501 g/mol. The molecule has 2 aliphatic rings. The van der Waals surface area contributed by atoms with E-state index in [0.29, 0.717) is 12.1 Å². The number of amides is 4. The van der Waals surface area contributed by atoms with Gasteiger partial charge in [-0.2, -0.15) is 0 Å². The summed E-state index contributed by atoms with van der Waals surface area (Å²) in [5, 5.41) is 5.49. The SMILES string of the molecule is [C-]#[N+][C@@H]1C[C@@]2(CN1C(=O)[C@H](CC(C)C)N(C)C(=O)[C@H](C)NC(=O)c1ccc(F)cc1)C(=O)Nc1ccccc12. The molecule has 0 aliphatic carbocycles. The van der Waals surface area contributed by atoms with Crippen molar-refractivity contribution in [2.24, 2.45) is 5.92 Å². The van der Waals surface area contributed by atoms with Crippen molar-refractivity contribution in [1.82, 2.24) is 15.1 Å². The van der Waals surface area contributed by atoms with Gasteiger partial charge in [0.05, 0.1) is 6.42 Å². The van der Waals surface area contributed by atoms with Gasteiger partial charge >= 0.3 is 6.17 Å². The average Bonchev–Trinajstić information content (AvgIpc) is 3.44. The van der Waals surface area contributed by atoms with Crippen molar-refractivity contribution in [3.8, 4) is 0 Å². The van der Waals surface area contributed by atoms with Crippen molar-refractivity contribution in [3.05, 3.63) is 76.9 Å². The van der Waals surface area contributed by atoms with Crippen molar-refractivity contribution in [2.45, 2.75) is 57.3 Å². The van der Waals surface area contributed by atoms with Gasteiger partial charge in [0, 0.05) is 24.8 Å². The maximum atomic E-state index is 14.0. The smallest absolute Gasteiger partial charge is 0.302 e. The fourth-order valence-electron chi connectivity index (χ4n) is 5.42. The fourth-order valence-corrected chi connectivity index (χ4v) is 5.42. The molecule has 0 radical (unpaired) electrons. The number of benzene rings is 2. The van der Waals surface area contributed by atoms with E-state index >= 15 is 0 Å². The van der Waals surface area contributed by atoms with E-state index in [9.17, 15) is 23.6 Å². The molecule has 4 atom stereocenters. The molecule has 10 heteroatoms. The second kappa shape index (κ2) is 10.8. The van der Waals surface area contributed by atoms with Crippen molar-refractivity contribution in [2.75, 3.05) is 18.9 Å².